The van der Waals surface area contributed by atoms with Crippen molar-refractivity contribution in [3.05, 3.63) is 23.9 Å². The van der Waals surface area contributed by atoms with Gasteiger partial charge in [-0.25, -0.2) is 4.98 Å². The molecule has 0 saturated carbocycles. The maximum atomic E-state index is 8.64. The van der Waals surface area contributed by atoms with Crippen molar-refractivity contribution in [1.82, 2.24) is 10.3 Å². The zero-order valence-corrected chi connectivity index (χ0v) is 11.1. The minimum atomic E-state index is 0.0943. The molecular formula is C15H20N2O2. The molecule has 1 atom stereocenters. The summed E-state index contributed by atoms with van der Waals surface area (Å²) >= 11 is 0. The topological polar surface area (TPSA) is 54.4 Å². The minimum Gasteiger partial charge on any atom is -0.477 e. The highest BCUT2D eigenvalue weighted by atomic mass is 16.5. The Bertz CT molecular complexity index is 428. The molecule has 1 unspecified atom stereocenters. The number of hydrogen-bond donors (Lipinski definition) is 2. The molecule has 2 rings (SSSR count). The van der Waals surface area contributed by atoms with Gasteiger partial charge in [-0.3, -0.25) is 0 Å². The van der Waals surface area contributed by atoms with Crippen LogP contribution in [0.15, 0.2) is 18.3 Å². The number of aliphatic hydroxyl groups excluding tert-OH is 1. The molecule has 2 heterocycles. The number of hydrogen-bond acceptors (Lipinski definition) is 4. The van der Waals surface area contributed by atoms with Crippen molar-refractivity contribution in [2.45, 2.75) is 19.3 Å². The maximum Gasteiger partial charge on any atom is 0.213 e. The fourth-order valence-electron chi connectivity index (χ4n) is 2.03. The van der Waals surface area contributed by atoms with Crippen LogP contribution in [0.4, 0.5) is 0 Å². The monoisotopic (exact) mass is 260 g/mol. The third-order valence-corrected chi connectivity index (χ3v) is 3.07. The number of aromatic nitrogens is 1. The van der Waals surface area contributed by atoms with Gasteiger partial charge < -0.3 is 15.2 Å². The van der Waals surface area contributed by atoms with Gasteiger partial charge in [-0.2, -0.15) is 0 Å². The van der Waals surface area contributed by atoms with Crippen LogP contribution < -0.4 is 10.1 Å². The summed E-state index contributed by atoms with van der Waals surface area (Å²) in [6, 6.07) is 3.74. The lowest BCUT2D eigenvalue weighted by atomic mass is 10.0. The summed E-state index contributed by atoms with van der Waals surface area (Å²) in [7, 11) is 0. The molecule has 0 bridgehead atoms. The molecule has 4 nitrogen and oxygen atoms in total. The summed E-state index contributed by atoms with van der Waals surface area (Å²) in [5.41, 5.74) is 0.847. The Morgan fingerprint density at radius 2 is 2.42 bits per heavy atom. The molecular weight excluding hydrogens is 240 g/mol. The van der Waals surface area contributed by atoms with Gasteiger partial charge in [0.2, 0.25) is 5.88 Å². The van der Waals surface area contributed by atoms with Crippen LogP contribution in [0.25, 0.3) is 0 Å². The van der Waals surface area contributed by atoms with E-state index in [2.05, 4.69) is 22.1 Å². The first-order valence-electron chi connectivity index (χ1n) is 6.78. The first-order valence-corrected chi connectivity index (χ1v) is 6.78. The van der Waals surface area contributed by atoms with Crippen molar-refractivity contribution in [2.24, 2.45) is 5.92 Å². The molecule has 1 saturated heterocycles. The smallest absolute Gasteiger partial charge is 0.213 e. The van der Waals surface area contributed by atoms with E-state index in [9.17, 15) is 0 Å². The molecule has 4 heteroatoms. The summed E-state index contributed by atoms with van der Waals surface area (Å²) in [5, 5.41) is 12.0. The molecule has 1 aromatic rings. The predicted octanol–water partition coefficient (Wildman–Crippen LogP) is 1.19. The second kappa shape index (κ2) is 7.78. The Morgan fingerprint density at radius 3 is 3.11 bits per heavy atom. The zero-order chi connectivity index (χ0) is 13.3. The lowest BCUT2D eigenvalue weighted by Crippen LogP contribution is -2.33. The van der Waals surface area contributed by atoms with Crippen LogP contribution in [0.5, 0.6) is 5.88 Å². The summed E-state index contributed by atoms with van der Waals surface area (Å²) in [4.78, 5) is 4.23. The molecule has 102 valence electrons. The van der Waals surface area contributed by atoms with Gasteiger partial charge >= 0.3 is 0 Å². The molecule has 0 aromatic carbocycles. The van der Waals surface area contributed by atoms with Gasteiger partial charge in [0.1, 0.15) is 0 Å². The minimum absolute atomic E-state index is 0.0943. The number of nitrogens with zero attached hydrogens (tertiary/aromatic N) is 1. The Kier molecular flexibility index (Phi) is 5.67. The molecule has 0 spiro atoms. The molecule has 19 heavy (non-hydrogen) atoms. The molecule has 1 aliphatic heterocycles. The summed E-state index contributed by atoms with van der Waals surface area (Å²) in [6.07, 6.45) is 4.64. The van der Waals surface area contributed by atoms with Crippen molar-refractivity contribution in [2.75, 3.05) is 26.3 Å². The van der Waals surface area contributed by atoms with Gasteiger partial charge in [0.25, 0.3) is 0 Å². The van der Waals surface area contributed by atoms with Crippen LogP contribution >= 0.6 is 0 Å². The van der Waals surface area contributed by atoms with Gasteiger partial charge in [0.15, 0.2) is 0 Å². The lowest BCUT2D eigenvalue weighted by molar-refractivity contribution is 0.212. The fraction of sp³-hybridized carbons (Fsp3) is 0.533. The second-order valence-corrected chi connectivity index (χ2v) is 4.68. The lowest BCUT2D eigenvalue weighted by Gasteiger charge is -2.22. The summed E-state index contributed by atoms with van der Waals surface area (Å²) in [5.74, 6) is 7.04. The molecule has 0 amide bonds. The van der Waals surface area contributed by atoms with Gasteiger partial charge in [-0.1, -0.05) is 11.8 Å². The van der Waals surface area contributed by atoms with Crippen molar-refractivity contribution in [3.8, 4) is 17.7 Å². The molecule has 0 aliphatic carbocycles. The predicted molar refractivity (Wildman–Crippen MR) is 73.9 cm³/mol. The van der Waals surface area contributed by atoms with Crippen LogP contribution in [0.1, 0.15) is 24.8 Å². The van der Waals surface area contributed by atoms with Crippen LogP contribution in [-0.4, -0.2) is 36.4 Å². The highest BCUT2D eigenvalue weighted by Gasteiger charge is 2.13. The van der Waals surface area contributed by atoms with E-state index in [1.54, 1.807) is 6.20 Å². The van der Waals surface area contributed by atoms with Gasteiger partial charge in [-0.15, -0.1) is 0 Å². The van der Waals surface area contributed by atoms with Crippen molar-refractivity contribution in [3.63, 3.8) is 0 Å². The van der Waals surface area contributed by atoms with Gasteiger partial charge in [0.05, 0.1) is 13.2 Å². The SMILES string of the molecule is OCCC#Cc1ccc(OCC2CCCNC2)nc1. The Labute approximate surface area is 114 Å². The average molecular weight is 260 g/mol. The van der Waals surface area contributed by atoms with Crippen LogP contribution in [0.3, 0.4) is 0 Å². The summed E-state index contributed by atoms with van der Waals surface area (Å²) < 4.78 is 5.69. The third-order valence-electron chi connectivity index (χ3n) is 3.07. The molecule has 2 N–H and O–H groups in total. The Hall–Kier alpha value is -1.57. The Morgan fingerprint density at radius 1 is 1.47 bits per heavy atom. The molecule has 0 radical (unpaired) electrons. The quantitative estimate of drug-likeness (QED) is 0.799. The average Bonchev–Trinajstić information content (AvgIpc) is 2.48. The molecule has 1 aromatic heterocycles. The number of aliphatic hydroxyl groups is 1. The van der Waals surface area contributed by atoms with E-state index >= 15 is 0 Å². The van der Waals surface area contributed by atoms with E-state index in [4.69, 9.17) is 9.84 Å². The zero-order valence-electron chi connectivity index (χ0n) is 11.1. The van der Waals surface area contributed by atoms with Crippen LogP contribution in [0.2, 0.25) is 0 Å². The number of pyridine rings is 1. The first kappa shape index (κ1) is 13.9. The van der Waals surface area contributed by atoms with Crippen molar-refractivity contribution >= 4 is 0 Å². The van der Waals surface area contributed by atoms with E-state index in [0.29, 0.717) is 18.2 Å². The number of ether oxygens (including phenoxy) is 1. The standard InChI is InChI=1S/C15H20N2O2/c18-9-2-1-4-13-6-7-15(17-11-13)19-12-14-5-3-8-16-10-14/h6-7,11,14,16,18H,2-3,5,8-10,12H2. The normalized spacial score (nSPS) is 18.5. The van der Waals surface area contributed by atoms with E-state index in [0.717, 1.165) is 25.3 Å². The van der Waals surface area contributed by atoms with Crippen molar-refractivity contribution in [1.29, 1.82) is 0 Å². The first-order chi connectivity index (χ1) is 9.38. The number of rotatable bonds is 4. The van der Waals surface area contributed by atoms with Gasteiger partial charge in [0, 0.05) is 36.7 Å². The highest BCUT2D eigenvalue weighted by molar-refractivity contribution is 5.33. The van der Waals surface area contributed by atoms with E-state index in [-0.39, 0.29) is 6.61 Å². The maximum absolute atomic E-state index is 8.64. The highest BCUT2D eigenvalue weighted by Crippen LogP contribution is 2.13. The fourth-order valence-corrected chi connectivity index (χ4v) is 2.03. The van der Waals surface area contributed by atoms with Crippen molar-refractivity contribution < 1.29 is 9.84 Å². The van der Waals surface area contributed by atoms with Gasteiger partial charge in [-0.05, 0) is 25.5 Å². The Balaban J connectivity index is 1.80. The van der Waals surface area contributed by atoms with E-state index < -0.39 is 0 Å². The largest absolute Gasteiger partial charge is 0.477 e. The van der Waals surface area contributed by atoms with E-state index in [1.807, 2.05) is 12.1 Å². The third kappa shape index (κ3) is 4.90. The molecule has 1 aliphatic rings. The number of piperidine rings is 1. The second-order valence-electron chi connectivity index (χ2n) is 4.68. The van der Waals surface area contributed by atoms with Crippen LogP contribution in [-0.2, 0) is 0 Å². The molecule has 1 fully saturated rings. The number of nitrogens with one attached hydrogen (secondary N) is 1. The summed E-state index contributed by atoms with van der Waals surface area (Å²) in [6.45, 7) is 2.97. The van der Waals surface area contributed by atoms with Crippen LogP contribution in [0, 0.1) is 17.8 Å². The van der Waals surface area contributed by atoms with E-state index in [1.165, 1.54) is 12.8 Å².